The SMILES string of the molecule is O=C(Nc1cc(NC(=O)C23CC4CC(CC(C4)C2)C3)cc(NC(=O)C23CC4CC(CC(C4)C2)C3)c1)C12CC3CC(CC(C3)C1)C2. The van der Waals surface area contributed by atoms with Crippen molar-refractivity contribution in [2.45, 2.75) is 116 Å². The molecule has 0 aliphatic heterocycles. The van der Waals surface area contributed by atoms with Crippen molar-refractivity contribution in [1.29, 1.82) is 0 Å². The maximum atomic E-state index is 14.1. The first-order valence-electron chi connectivity index (χ1n) is 18.8. The molecule has 13 rings (SSSR count). The zero-order chi connectivity index (χ0) is 30.1. The van der Waals surface area contributed by atoms with Crippen LogP contribution in [0.3, 0.4) is 0 Å². The van der Waals surface area contributed by atoms with E-state index in [0.29, 0.717) is 70.3 Å². The van der Waals surface area contributed by atoms with Crippen molar-refractivity contribution >= 4 is 34.8 Å². The molecule has 12 bridgehead atoms. The number of carbonyl (C=O) groups excluding carboxylic acids is 3. The molecule has 1 aromatic carbocycles. The van der Waals surface area contributed by atoms with E-state index >= 15 is 0 Å². The third-order valence-corrected chi connectivity index (χ3v) is 15.3. The predicted molar refractivity (Wildman–Crippen MR) is 174 cm³/mol. The van der Waals surface area contributed by atoms with Gasteiger partial charge in [-0.3, -0.25) is 14.4 Å². The number of nitrogens with one attached hydrogen (secondary N) is 3. The lowest BCUT2D eigenvalue weighted by molar-refractivity contribution is -0.140. The van der Waals surface area contributed by atoms with Crippen LogP contribution in [0.2, 0.25) is 0 Å². The summed E-state index contributed by atoms with van der Waals surface area (Å²) < 4.78 is 0. The average Bonchev–Trinajstić information content (AvgIpc) is 2.95. The van der Waals surface area contributed by atoms with Crippen LogP contribution in [0.4, 0.5) is 17.1 Å². The van der Waals surface area contributed by atoms with Crippen molar-refractivity contribution in [1.82, 2.24) is 0 Å². The van der Waals surface area contributed by atoms with Gasteiger partial charge in [0.2, 0.25) is 17.7 Å². The van der Waals surface area contributed by atoms with Crippen LogP contribution in [0.25, 0.3) is 0 Å². The molecule has 12 fully saturated rings. The number of rotatable bonds is 6. The molecule has 0 saturated heterocycles. The Hall–Kier alpha value is -2.37. The summed E-state index contributed by atoms with van der Waals surface area (Å²) >= 11 is 0. The summed E-state index contributed by atoms with van der Waals surface area (Å²) in [7, 11) is 0. The summed E-state index contributed by atoms with van der Waals surface area (Å²) in [5.74, 6) is 6.75. The van der Waals surface area contributed by atoms with E-state index in [1.54, 1.807) is 0 Å². The molecular formula is C39H51N3O3. The number of hydrogen-bond acceptors (Lipinski definition) is 3. The molecule has 0 radical (unpaired) electrons. The van der Waals surface area contributed by atoms with Crippen molar-refractivity contribution in [3.8, 4) is 0 Å². The fourth-order valence-electron chi connectivity index (χ4n) is 14.8. The van der Waals surface area contributed by atoms with Crippen LogP contribution in [0, 0.1) is 69.5 Å². The van der Waals surface area contributed by atoms with Crippen molar-refractivity contribution < 1.29 is 14.4 Å². The van der Waals surface area contributed by atoms with Crippen LogP contribution in [0.1, 0.15) is 116 Å². The first-order chi connectivity index (χ1) is 21.7. The lowest BCUT2D eigenvalue weighted by Crippen LogP contribution is -2.52. The van der Waals surface area contributed by atoms with E-state index in [0.717, 1.165) is 57.8 Å². The third kappa shape index (κ3) is 4.49. The molecule has 3 N–H and O–H groups in total. The molecule has 240 valence electrons. The van der Waals surface area contributed by atoms with Gasteiger partial charge in [-0.2, -0.15) is 0 Å². The number of anilines is 3. The van der Waals surface area contributed by atoms with Crippen molar-refractivity contribution in [3.05, 3.63) is 18.2 Å². The molecule has 6 heteroatoms. The van der Waals surface area contributed by atoms with Gasteiger partial charge in [0.25, 0.3) is 0 Å². The standard InChI is InChI=1S/C39H51N3O3/c43-34(37-13-22-1-23(14-37)3-24(2-22)15-37)40-31-10-32(41-35(44)38-16-25-4-26(17-38)6-27(5-25)18-38)12-33(11-31)42-36(45)39-19-28-7-29(20-39)9-30(8-28)21-39/h10-12,22-30H,1-9,13-21H2,(H,40,43)(H,41,44)(H,42,45). The highest BCUT2D eigenvalue weighted by molar-refractivity contribution is 6.02. The minimum absolute atomic E-state index is 0.157. The van der Waals surface area contributed by atoms with E-state index in [1.807, 2.05) is 18.2 Å². The lowest BCUT2D eigenvalue weighted by Gasteiger charge is -2.55. The van der Waals surface area contributed by atoms with E-state index in [-0.39, 0.29) is 34.0 Å². The second-order valence-electron chi connectivity index (χ2n) is 18.8. The largest absolute Gasteiger partial charge is 0.325 e. The van der Waals surface area contributed by atoms with E-state index in [2.05, 4.69) is 16.0 Å². The van der Waals surface area contributed by atoms with Gasteiger partial charge in [-0.15, -0.1) is 0 Å². The molecule has 0 heterocycles. The molecule has 12 aliphatic carbocycles. The van der Waals surface area contributed by atoms with Crippen LogP contribution >= 0.6 is 0 Å². The van der Waals surface area contributed by atoms with Gasteiger partial charge in [-0.25, -0.2) is 0 Å². The summed E-state index contributed by atoms with van der Waals surface area (Å²) in [6, 6.07) is 5.87. The molecule has 12 saturated carbocycles. The summed E-state index contributed by atoms with van der Waals surface area (Å²) in [6.45, 7) is 0. The summed E-state index contributed by atoms with van der Waals surface area (Å²) in [6.07, 6.45) is 20.9. The number of hydrogen-bond donors (Lipinski definition) is 3. The molecular weight excluding hydrogens is 558 g/mol. The Morgan fingerprint density at radius 1 is 0.378 bits per heavy atom. The van der Waals surface area contributed by atoms with E-state index < -0.39 is 0 Å². The van der Waals surface area contributed by atoms with Gasteiger partial charge < -0.3 is 16.0 Å². The predicted octanol–water partition coefficient (Wildman–Crippen LogP) is 8.15. The number of amides is 3. The highest BCUT2D eigenvalue weighted by Gasteiger charge is 2.57. The normalized spacial score (nSPS) is 47.6. The first kappa shape index (κ1) is 27.7. The molecule has 6 nitrogen and oxygen atoms in total. The first-order valence-corrected chi connectivity index (χ1v) is 18.8. The van der Waals surface area contributed by atoms with Gasteiger partial charge in [0, 0.05) is 17.1 Å². The fraction of sp³-hybridized carbons (Fsp3) is 0.769. The highest BCUT2D eigenvalue weighted by Crippen LogP contribution is 2.62. The maximum Gasteiger partial charge on any atom is 0.230 e. The monoisotopic (exact) mass is 609 g/mol. The Kier molecular flexibility index (Phi) is 5.91. The fourth-order valence-corrected chi connectivity index (χ4v) is 14.8. The molecule has 45 heavy (non-hydrogen) atoms. The third-order valence-electron chi connectivity index (χ3n) is 15.3. The van der Waals surface area contributed by atoms with Gasteiger partial charge in [0.05, 0.1) is 16.2 Å². The molecule has 0 aromatic heterocycles. The minimum atomic E-state index is -0.254. The maximum absolute atomic E-state index is 14.1. The summed E-state index contributed by atoms with van der Waals surface area (Å²) in [5.41, 5.74) is 1.36. The van der Waals surface area contributed by atoms with Crippen molar-refractivity contribution in [3.63, 3.8) is 0 Å². The smallest absolute Gasteiger partial charge is 0.230 e. The second kappa shape index (κ2) is 9.60. The van der Waals surface area contributed by atoms with E-state index in [4.69, 9.17) is 0 Å². The van der Waals surface area contributed by atoms with Gasteiger partial charge in [-0.1, -0.05) is 0 Å². The van der Waals surface area contributed by atoms with E-state index in [9.17, 15) is 14.4 Å². The van der Waals surface area contributed by atoms with Gasteiger partial charge in [-0.05, 0) is 187 Å². The van der Waals surface area contributed by atoms with Crippen LogP contribution in [0.15, 0.2) is 18.2 Å². The Morgan fingerprint density at radius 2 is 0.556 bits per heavy atom. The van der Waals surface area contributed by atoms with E-state index in [1.165, 1.54) is 57.8 Å². The molecule has 0 spiro atoms. The second-order valence-corrected chi connectivity index (χ2v) is 18.8. The number of benzene rings is 1. The Balaban J connectivity index is 0.937. The Morgan fingerprint density at radius 3 is 0.733 bits per heavy atom. The molecule has 0 atom stereocenters. The zero-order valence-electron chi connectivity index (χ0n) is 26.9. The van der Waals surface area contributed by atoms with Crippen LogP contribution in [-0.2, 0) is 14.4 Å². The van der Waals surface area contributed by atoms with Crippen LogP contribution < -0.4 is 16.0 Å². The summed E-state index contributed by atoms with van der Waals surface area (Å²) in [4.78, 5) is 42.3. The summed E-state index contributed by atoms with van der Waals surface area (Å²) in [5, 5.41) is 10.1. The molecule has 3 amide bonds. The topological polar surface area (TPSA) is 87.3 Å². The van der Waals surface area contributed by atoms with Gasteiger partial charge >= 0.3 is 0 Å². The van der Waals surface area contributed by atoms with Gasteiger partial charge in [0.15, 0.2) is 0 Å². The zero-order valence-corrected chi connectivity index (χ0v) is 26.9. The molecule has 1 aromatic rings. The van der Waals surface area contributed by atoms with Crippen LogP contribution in [0.5, 0.6) is 0 Å². The van der Waals surface area contributed by atoms with Crippen LogP contribution in [-0.4, -0.2) is 17.7 Å². The minimum Gasteiger partial charge on any atom is -0.325 e. The highest BCUT2D eigenvalue weighted by atomic mass is 16.2. The Labute approximate surface area is 268 Å². The Bertz CT molecular complexity index is 1170. The molecule has 0 unspecified atom stereocenters. The lowest BCUT2D eigenvalue weighted by atomic mass is 9.49. The number of carbonyl (C=O) groups is 3. The van der Waals surface area contributed by atoms with Gasteiger partial charge in [0.1, 0.15) is 0 Å². The quantitative estimate of drug-likeness (QED) is 0.304. The van der Waals surface area contributed by atoms with Crippen molar-refractivity contribution in [2.75, 3.05) is 16.0 Å². The van der Waals surface area contributed by atoms with Crippen molar-refractivity contribution in [2.24, 2.45) is 69.5 Å². The average molecular weight is 610 g/mol. The molecule has 12 aliphatic rings.